The number of ether oxygens (including phenoxy) is 1. The summed E-state index contributed by atoms with van der Waals surface area (Å²) in [5, 5.41) is 19.9. The number of hydrogen-bond donors (Lipinski definition) is 1. The molecule has 5 nitrogen and oxygen atoms in total. The van der Waals surface area contributed by atoms with Crippen molar-refractivity contribution >= 4 is 5.69 Å². The van der Waals surface area contributed by atoms with Crippen molar-refractivity contribution in [2.45, 2.75) is 32.3 Å². The number of nitro benzene ring substituents is 1. The first-order valence-corrected chi connectivity index (χ1v) is 6.31. The monoisotopic (exact) mass is 265 g/mol. The van der Waals surface area contributed by atoms with Crippen molar-refractivity contribution in [2.75, 3.05) is 6.61 Å². The molecule has 0 fully saturated rings. The Morgan fingerprint density at radius 3 is 2.79 bits per heavy atom. The van der Waals surface area contributed by atoms with Gasteiger partial charge in [-0.3, -0.25) is 10.1 Å². The molecule has 0 saturated carbocycles. The molecular formula is C14H19NO4. The van der Waals surface area contributed by atoms with E-state index in [4.69, 9.17) is 9.84 Å². The summed E-state index contributed by atoms with van der Waals surface area (Å²) in [6.45, 7) is 3.92. The van der Waals surface area contributed by atoms with Crippen molar-refractivity contribution in [2.24, 2.45) is 0 Å². The van der Waals surface area contributed by atoms with Crippen LogP contribution in [0.1, 0.15) is 31.2 Å². The molecule has 5 heteroatoms. The third kappa shape index (κ3) is 5.09. The molecule has 0 aliphatic rings. The number of aliphatic hydroxyl groups is 1. The van der Waals surface area contributed by atoms with Gasteiger partial charge < -0.3 is 9.84 Å². The van der Waals surface area contributed by atoms with E-state index in [2.05, 4.69) is 6.58 Å². The number of nitro groups is 1. The second-order valence-corrected chi connectivity index (χ2v) is 4.20. The third-order valence-electron chi connectivity index (χ3n) is 2.71. The minimum Gasteiger partial charge on any atom is -0.487 e. The molecule has 0 bridgehead atoms. The molecule has 0 radical (unpaired) electrons. The fourth-order valence-electron chi connectivity index (χ4n) is 1.67. The molecule has 0 spiro atoms. The number of unbranched alkanes of at least 4 members (excludes halogenated alkanes) is 3. The van der Waals surface area contributed by atoms with E-state index >= 15 is 0 Å². The van der Waals surface area contributed by atoms with Gasteiger partial charge in [0, 0.05) is 6.07 Å². The molecule has 0 aliphatic heterocycles. The first kappa shape index (κ1) is 15.2. The highest BCUT2D eigenvalue weighted by atomic mass is 16.6. The zero-order chi connectivity index (χ0) is 14.1. The minimum absolute atomic E-state index is 0.0664. The standard InChI is InChI=1S/C14H19NO4/c1-2-3-4-5-6-9-19-14-10-12(11-16)7-8-13(14)15(17)18/h2,7-8,10,16H,1,3-6,9,11H2. The van der Waals surface area contributed by atoms with E-state index in [1.165, 1.54) is 18.2 Å². The van der Waals surface area contributed by atoms with Gasteiger partial charge in [-0.05, 0) is 43.4 Å². The lowest BCUT2D eigenvalue weighted by Gasteiger charge is -2.07. The van der Waals surface area contributed by atoms with E-state index < -0.39 is 4.92 Å². The molecule has 1 aromatic carbocycles. The zero-order valence-corrected chi connectivity index (χ0v) is 10.9. The van der Waals surface area contributed by atoms with Crippen LogP contribution in [0.2, 0.25) is 0 Å². The number of aliphatic hydroxyl groups excluding tert-OH is 1. The first-order valence-electron chi connectivity index (χ1n) is 6.31. The normalized spacial score (nSPS) is 10.2. The maximum Gasteiger partial charge on any atom is 0.310 e. The van der Waals surface area contributed by atoms with Gasteiger partial charge in [0.25, 0.3) is 0 Å². The molecule has 1 N–H and O–H groups in total. The summed E-state index contributed by atoms with van der Waals surface area (Å²) in [7, 11) is 0. The van der Waals surface area contributed by atoms with Crippen LogP contribution in [0, 0.1) is 10.1 Å². The molecule has 0 amide bonds. The molecule has 0 aromatic heterocycles. The van der Waals surface area contributed by atoms with Gasteiger partial charge in [0.15, 0.2) is 5.75 Å². The lowest BCUT2D eigenvalue weighted by molar-refractivity contribution is -0.385. The molecule has 1 rings (SSSR count). The molecule has 19 heavy (non-hydrogen) atoms. The molecule has 0 atom stereocenters. The highest BCUT2D eigenvalue weighted by Crippen LogP contribution is 2.28. The lowest BCUT2D eigenvalue weighted by atomic mass is 10.2. The van der Waals surface area contributed by atoms with Gasteiger partial charge in [-0.1, -0.05) is 6.08 Å². The maximum atomic E-state index is 10.8. The highest BCUT2D eigenvalue weighted by molar-refractivity contribution is 5.48. The SMILES string of the molecule is C=CCCCCCOc1cc(CO)ccc1[N+](=O)[O-]. The quantitative estimate of drug-likeness (QED) is 0.322. The van der Waals surface area contributed by atoms with Crippen LogP contribution in [0.3, 0.4) is 0 Å². The highest BCUT2D eigenvalue weighted by Gasteiger charge is 2.15. The van der Waals surface area contributed by atoms with Gasteiger partial charge in [0.05, 0.1) is 18.1 Å². The average Bonchev–Trinajstić information content (AvgIpc) is 2.42. The van der Waals surface area contributed by atoms with Crippen molar-refractivity contribution in [1.82, 2.24) is 0 Å². The summed E-state index contributed by atoms with van der Waals surface area (Å²) in [6.07, 6.45) is 5.73. The van der Waals surface area contributed by atoms with Gasteiger partial charge in [-0.25, -0.2) is 0 Å². The van der Waals surface area contributed by atoms with Gasteiger partial charge in [0.1, 0.15) is 0 Å². The summed E-state index contributed by atoms with van der Waals surface area (Å²) in [5.74, 6) is 0.222. The van der Waals surface area contributed by atoms with Crippen LogP contribution in [0.25, 0.3) is 0 Å². The maximum absolute atomic E-state index is 10.8. The van der Waals surface area contributed by atoms with E-state index in [-0.39, 0.29) is 18.0 Å². The summed E-state index contributed by atoms with van der Waals surface area (Å²) in [6, 6.07) is 4.40. The van der Waals surface area contributed by atoms with Crippen LogP contribution < -0.4 is 4.74 Å². The smallest absolute Gasteiger partial charge is 0.310 e. The Bertz CT molecular complexity index is 431. The van der Waals surface area contributed by atoms with Gasteiger partial charge in [-0.2, -0.15) is 0 Å². The van der Waals surface area contributed by atoms with Crippen molar-refractivity contribution in [3.8, 4) is 5.75 Å². The van der Waals surface area contributed by atoms with Crippen LogP contribution in [-0.4, -0.2) is 16.6 Å². The third-order valence-corrected chi connectivity index (χ3v) is 2.71. The first-order chi connectivity index (χ1) is 9.19. The Hall–Kier alpha value is -1.88. The van der Waals surface area contributed by atoms with Gasteiger partial charge in [-0.15, -0.1) is 6.58 Å². The second kappa shape index (κ2) is 8.26. The van der Waals surface area contributed by atoms with E-state index in [1.807, 2.05) is 6.08 Å². The van der Waals surface area contributed by atoms with E-state index in [9.17, 15) is 10.1 Å². The summed E-state index contributed by atoms with van der Waals surface area (Å²) < 4.78 is 5.44. The number of hydrogen-bond acceptors (Lipinski definition) is 4. The summed E-state index contributed by atoms with van der Waals surface area (Å²) in [5.41, 5.74) is 0.538. The predicted octanol–water partition coefficient (Wildman–Crippen LogP) is 3.21. The predicted molar refractivity (Wildman–Crippen MR) is 73.2 cm³/mol. The largest absolute Gasteiger partial charge is 0.487 e. The molecule has 1 aromatic rings. The van der Waals surface area contributed by atoms with Crippen LogP contribution >= 0.6 is 0 Å². The molecule has 0 saturated heterocycles. The van der Waals surface area contributed by atoms with E-state index in [0.717, 1.165) is 25.7 Å². The van der Waals surface area contributed by atoms with Crippen LogP contribution in [0.15, 0.2) is 30.9 Å². The number of rotatable bonds is 9. The van der Waals surface area contributed by atoms with Crippen LogP contribution in [0.4, 0.5) is 5.69 Å². The number of nitrogens with zero attached hydrogens (tertiary/aromatic N) is 1. The topological polar surface area (TPSA) is 72.6 Å². The summed E-state index contributed by atoms with van der Waals surface area (Å²) >= 11 is 0. The van der Waals surface area contributed by atoms with Gasteiger partial charge >= 0.3 is 5.69 Å². The molecule has 0 unspecified atom stereocenters. The van der Waals surface area contributed by atoms with E-state index in [1.54, 1.807) is 0 Å². The Labute approximate surface area is 112 Å². The Morgan fingerprint density at radius 2 is 2.16 bits per heavy atom. The van der Waals surface area contributed by atoms with Gasteiger partial charge in [0.2, 0.25) is 0 Å². The Morgan fingerprint density at radius 1 is 1.37 bits per heavy atom. The lowest BCUT2D eigenvalue weighted by Crippen LogP contribution is -2.01. The van der Waals surface area contributed by atoms with E-state index in [0.29, 0.717) is 12.2 Å². The van der Waals surface area contributed by atoms with Crippen molar-refractivity contribution < 1.29 is 14.8 Å². The average molecular weight is 265 g/mol. The van der Waals surface area contributed by atoms with Crippen molar-refractivity contribution in [3.05, 3.63) is 46.5 Å². The van der Waals surface area contributed by atoms with Crippen LogP contribution in [0.5, 0.6) is 5.75 Å². The Balaban J connectivity index is 2.55. The fourth-order valence-corrected chi connectivity index (χ4v) is 1.67. The van der Waals surface area contributed by atoms with Crippen LogP contribution in [-0.2, 0) is 6.61 Å². The fraction of sp³-hybridized carbons (Fsp3) is 0.429. The van der Waals surface area contributed by atoms with Crippen molar-refractivity contribution in [3.63, 3.8) is 0 Å². The zero-order valence-electron chi connectivity index (χ0n) is 10.9. The number of benzene rings is 1. The molecule has 104 valence electrons. The minimum atomic E-state index is -0.478. The molecular weight excluding hydrogens is 246 g/mol. The number of allylic oxidation sites excluding steroid dienone is 1. The second-order valence-electron chi connectivity index (χ2n) is 4.20. The molecule has 0 aliphatic carbocycles. The Kier molecular flexibility index (Phi) is 6.60. The summed E-state index contributed by atoms with van der Waals surface area (Å²) in [4.78, 5) is 10.4. The molecule has 0 heterocycles. The van der Waals surface area contributed by atoms with Crippen molar-refractivity contribution in [1.29, 1.82) is 0 Å².